The molecule has 1 aliphatic carbocycles. The quantitative estimate of drug-likeness (QED) is 0.424. The van der Waals surface area contributed by atoms with Gasteiger partial charge in [0.25, 0.3) is 0 Å². The lowest BCUT2D eigenvalue weighted by molar-refractivity contribution is 0.361. The molecular formula is C26H20N2O. The maximum Gasteiger partial charge on any atom is 0.135 e. The predicted octanol–water partition coefficient (Wildman–Crippen LogP) is 5.76. The molecule has 0 saturated carbocycles. The monoisotopic (exact) mass is 376 g/mol. The van der Waals surface area contributed by atoms with E-state index in [1.807, 2.05) is 12.4 Å². The van der Waals surface area contributed by atoms with Gasteiger partial charge in [-0.25, -0.2) is 9.97 Å². The third-order valence-electron chi connectivity index (χ3n) is 6.32. The Morgan fingerprint density at radius 2 is 1.59 bits per heavy atom. The van der Waals surface area contributed by atoms with Gasteiger partial charge in [-0.1, -0.05) is 62.4 Å². The minimum atomic E-state index is -0.129. The Morgan fingerprint density at radius 3 is 2.41 bits per heavy atom. The Morgan fingerprint density at radius 1 is 0.862 bits per heavy atom. The molecule has 29 heavy (non-hydrogen) atoms. The fraction of sp³-hybridized carbons (Fsp3) is 0.154. The zero-order chi connectivity index (χ0) is 19.6. The van der Waals surface area contributed by atoms with E-state index in [4.69, 9.17) is 4.74 Å². The Kier molecular flexibility index (Phi) is 3.28. The fourth-order valence-electron chi connectivity index (χ4n) is 5.11. The van der Waals surface area contributed by atoms with Crippen LogP contribution in [-0.2, 0) is 5.41 Å². The van der Waals surface area contributed by atoms with E-state index in [9.17, 15) is 0 Å². The number of hydrogen-bond acceptors (Lipinski definition) is 3. The highest BCUT2D eigenvalue weighted by molar-refractivity contribution is 6.10. The Balaban J connectivity index is 1.81. The van der Waals surface area contributed by atoms with Crippen LogP contribution < -0.4 is 4.74 Å². The predicted molar refractivity (Wildman–Crippen MR) is 116 cm³/mol. The molecule has 4 aromatic rings. The maximum absolute atomic E-state index is 6.29. The molecule has 1 aromatic heterocycles. The molecule has 3 heteroatoms. The lowest BCUT2D eigenvalue weighted by atomic mass is 9.76. The van der Waals surface area contributed by atoms with Gasteiger partial charge in [0.15, 0.2) is 0 Å². The van der Waals surface area contributed by atoms with Crippen molar-refractivity contribution in [3.8, 4) is 16.9 Å². The number of benzene rings is 3. The number of nitrogens with zero attached hydrogens (tertiary/aromatic N) is 2. The van der Waals surface area contributed by atoms with Crippen LogP contribution in [-0.4, -0.2) is 16.6 Å². The number of hydrogen-bond donors (Lipinski definition) is 0. The van der Waals surface area contributed by atoms with Gasteiger partial charge in [-0.05, 0) is 39.3 Å². The number of ether oxygens (including phenoxy) is 1. The number of fused-ring (bicyclic) bond motifs is 8. The van der Waals surface area contributed by atoms with Gasteiger partial charge >= 0.3 is 0 Å². The van der Waals surface area contributed by atoms with Gasteiger partial charge < -0.3 is 4.74 Å². The molecule has 140 valence electrons. The molecule has 6 rings (SSSR count). The van der Waals surface area contributed by atoms with E-state index in [0.29, 0.717) is 6.61 Å². The van der Waals surface area contributed by atoms with Gasteiger partial charge in [0, 0.05) is 34.3 Å². The summed E-state index contributed by atoms with van der Waals surface area (Å²) in [6.45, 7) is 5.19. The zero-order valence-electron chi connectivity index (χ0n) is 16.4. The Bertz CT molecular complexity index is 1320. The summed E-state index contributed by atoms with van der Waals surface area (Å²) in [7, 11) is 0. The summed E-state index contributed by atoms with van der Waals surface area (Å²) in [6, 6.07) is 17.4. The van der Waals surface area contributed by atoms with Gasteiger partial charge in [-0.15, -0.1) is 0 Å². The molecule has 2 aliphatic rings. The highest BCUT2D eigenvalue weighted by Gasteiger charge is 2.41. The van der Waals surface area contributed by atoms with E-state index in [2.05, 4.69) is 78.4 Å². The standard InChI is InChI=1S/C26H20N2O/c1-26(2)21-10-6-5-9-20(21)22-18-7-3-4-8-19(18)25-23(24(22)26)17(11-12-29-25)16-13-27-15-28-14-16/h3-11,13-15H,12H2,1-2H3. The minimum Gasteiger partial charge on any atom is -0.488 e. The summed E-state index contributed by atoms with van der Waals surface area (Å²) in [4.78, 5) is 8.54. The molecule has 1 aliphatic heterocycles. The van der Waals surface area contributed by atoms with E-state index in [0.717, 1.165) is 22.3 Å². The summed E-state index contributed by atoms with van der Waals surface area (Å²) < 4.78 is 6.29. The molecule has 3 aromatic carbocycles. The second-order valence-corrected chi connectivity index (χ2v) is 8.23. The summed E-state index contributed by atoms with van der Waals surface area (Å²) in [5.74, 6) is 0.974. The molecule has 0 atom stereocenters. The van der Waals surface area contributed by atoms with Crippen molar-refractivity contribution in [3.63, 3.8) is 0 Å². The molecule has 2 heterocycles. The SMILES string of the molecule is CC1(C)c2ccccc2-c2c1c1c(c3ccccc23)OCC=C1c1cncnc1. The van der Waals surface area contributed by atoms with E-state index in [-0.39, 0.29) is 5.41 Å². The lowest BCUT2D eigenvalue weighted by Gasteiger charge is -2.30. The van der Waals surface area contributed by atoms with Crippen molar-refractivity contribution in [2.75, 3.05) is 6.61 Å². The Labute approximate surface area is 169 Å². The zero-order valence-corrected chi connectivity index (χ0v) is 16.4. The van der Waals surface area contributed by atoms with Crippen LogP contribution >= 0.6 is 0 Å². The second-order valence-electron chi connectivity index (χ2n) is 8.23. The first-order valence-electron chi connectivity index (χ1n) is 9.95. The van der Waals surface area contributed by atoms with Gasteiger partial charge in [0.1, 0.15) is 18.7 Å². The molecular weight excluding hydrogens is 356 g/mol. The van der Waals surface area contributed by atoms with Gasteiger partial charge in [-0.3, -0.25) is 0 Å². The van der Waals surface area contributed by atoms with Crippen molar-refractivity contribution in [3.05, 3.63) is 95.6 Å². The third-order valence-corrected chi connectivity index (χ3v) is 6.32. The normalized spacial score (nSPS) is 15.9. The smallest absolute Gasteiger partial charge is 0.135 e. The average molecular weight is 376 g/mol. The molecule has 0 N–H and O–H groups in total. The van der Waals surface area contributed by atoms with Crippen molar-refractivity contribution < 1.29 is 4.74 Å². The van der Waals surface area contributed by atoms with Gasteiger partial charge in [-0.2, -0.15) is 0 Å². The highest BCUT2D eigenvalue weighted by Crippen LogP contribution is 2.57. The Hall–Kier alpha value is -3.46. The van der Waals surface area contributed by atoms with E-state index >= 15 is 0 Å². The molecule has 0 bridgehead atoms. The third kappa shape index (κ3) is 2.13. The molecule has 3 nitrogen and oxygen atoms in total. The molecule has 0 radical (unpaired) electrons. The summed E-state index contributed by atoms with van der Waals surface area (Å²) >= 11 is 0. The number of rotatable bonds is 1. The van der Waals surface area contributed by atoms with Gasteiger partial charge in [0.05, 0.1) is 0 Å². The van der Waals surface area contributed by atoms with Crippen molar-refractivity contribution in [1.82, 2.24) is 9.97 Å². The number of aromatic nitrogens is 2. The largest absolute Gasteiger partial charge is 0.488 e. The van der Waals surface area contributed by atoms with Crippen molar-refractivity contribution >= 4 is 16.3 Å². The molecule has 0 spiro atoms. The van der Waals surface area contributed by atoms with Crippen LogP contribution in [0.2, 0.25) is 0 Å². The van der Waals surface area contributed by atoms with E-state index in [1.54, 1.807) is 6.33 Å². The van der Waals surface area contributed by atoms with Crippen molar-refractivity contribution in [2.24, 2.45) is 0 Å². The molecule has 0 saturated heterocycles. The minimum absolute atomic E-state index is 0.129. The first kappa shape index (κ1) is 16.5. The maximum atomic E-state index is 6.29. The lowest BCUT2D eigenvalue weighted by Crippen LogP contribution is -2.20. The summed E-state index contributed by atoms with van der Waals surface area (Å²) in [5, 5.41) is 2.42. The van der Waals surface area contributed by atoms with Gasteiger partial charge in [0.2, 0.25) is 0 Å². The second kappa shape index (κ2) is 5.77. The summed E-state index contributed by atoms with van der Waals surface area (Å²) in [6.07, 6.45) is 7.53. The van der Waals surface area contributed by atoms with E-state index in [1.165, 1.54) is 33.2 Å². The average Bonchev–Trinajstić information content (AvgIpc) is 3.02. The van der Waals surface area contributed by atoms with Crippen molar-refractivity contribution in [2.45, 2.75) is 19.3 Å². The fourth-order valence-corrected chi connectivity index (χ4v) is 5.11. The van der Waals surface area contributed by atoms with Crippen LogP contribution in [0.4, 0.5) is 0 Å². The molecule has 0 fully saturated rings. The first-order valence-corrected chi connectivity index (χ1v) is 9.95. The van der Waals surface area contributed by atoms with Crippen LogP contribution in [0.3, 0.4) is 0 Å². The van der Waals surface area contributed by atoms with Crippen molar-refractivity contribution in [1.29, 1.82) is 0 Å². The molecule has 0 amide bonds. The first-order chi connectivity index (χ1) is 14.2. The van der Waals surface area contributed by atoms with Crippen LogP contribution in [0.15, 0.2) is 73.3 Å². The van der Waals surface area contributed by atoms with E-state index < -0.39 is 0 Å². The molecule has 0 unspecified atom stereocenters. The van der Waals surface area contributed by atoms with Crippen LogP contribution in [0.1, 0.15) is 36.1 Å². The van der Waals surface area contributed by atoms with Crippen LogP contribution in [0.5, 0.6) is 5.75 Å². The highest BCUT2D eigenvalue weighted by atomic mass is 16.5. The topological polar surface area (TPSA) is 35.0 Å². The van der Waals surface area contributed by atoms with Crippen LogP contribution in [0.25, 0.3) is 27.5 Å². The van der Waals surface area contributed by atoms with Crippen LogP contribution in [0, 0.1) is 0 Å². The summed E-state index contributed by atoms with van der Waals surface area (Å²) in [5.41, 5.74) is 8.59.